The van der Waals surface area contributed by atoms with Crippen LogP contribution in [0.15, 0.2) is 60.5 Å². The number of nitrogens with one attached hydrogen (secondary N) is 2. The zero-order valence-corrected chi connectivity index (χ0v) is 21.2. The Morgan fingerprint density at radius 2 is 1.61 bits per heavy atom. The van der Waals surface area contributed by atoms with Crippen molar-refractivity contribution in [2.45, 2.75) is 52.1 Å². The van der Waals surface area contributed by atoms with Gasteiger partial charge in [-0.15, -0.1) is 0 Å². The molecule has 0 saturated carbocycles. The second-order valence-corrected chi connectivity index (χ2v) is 9.50. The van der Waals surface area contributed by atoms with Crippen LogP contribution in [0.4, 0.5) is 0 Å². The van der Waals surface area contributed by atoms with Gasteiger partial charge >= 0.3 is 6.20 Å². The molecule has 0 aromatic heterocycles. The molecule has 174 valence electrons. The average Bonchev–Trinajstić information content (AvgIpc) is 2.78. The van der Waals surface area contributed by atoms with Crippen molar-refractivity contribution < 1.29 is 14.7 Å². The maximum Gasteiger partial charge on any atom is 0.389 e. The van der Waals surface area contributed by atoms with Crippen molar-refractivity contribution in [1.29, 1.82) is 5.39 Å². The first-order valence-corrected chi connectivity index (χ1v) is 12.0. The Kier molecular flexibility index (Phi) is 10.3. The SMILES string of the molecule is CCCC(NC(=O)[C@H](CC(C)C)NC(=O)c1ccc(-c2ccc([125I])cc2)cc1)/C(O)=C/[N+]#N. The fourth-order valence-corrected chi connectivity index (χ4v) is 3.76. The molecule has 2 atom stereocenters. The molecule has 2 aromatic rings. The summed E-state index contributed by atoms with van der Waals surface area (Å²) in [5, 5.41) is 24.3. The number of hydrogen-bond acceptors (Lipinski definition) is 4. The highest BCUT2D eigenvalue weighted by Gasteiger charge is 2.27. The van der Waals surface area contributed by atoms with E-state index in [1.54, 1.807) is 12.1 Å². The second kappa shape index (κ2) is 12.9. The quantitative estimate of drug-likeness (QED) is 0.199. The van der Waals surface area contributed by atoms with Crippen molar-refractivity contribution >= 4 is 34.4 Å². The number of carbonyl (C=O) groups is 2. The summed E-state index contributed by atoms with van der Waals surface area (Å²) in [5.74, 6) is -0.829. The Balaban J connectivity index is 2.14. The number of rotatable bonds is 10. The summed E-state index contributed by atoms with van der Waals surface area (Å²) in [5.41, 5.74) is 2.51. The molecule has 0 saturated heterocycles. The molecule has 1 unspecified atom stereocenters. The molecule has 0 aliphatic carbocycles. The van der Waals surface area contributed by atoms with Gasteiger partial charge < -0.3 is 15.7 Å². The molecule has 7 nitrogen and oxygen atoms in total. The van der Waals surface area contributed by atoms with Gasteiger partial charge in [-0.2, -0.15) is 0 Å². The summed E-state index contributed by atoms with van der Waals surface area (Å²) in [4.78, 5) is 28.7. The molecule has 2 aromatic carbocycles. The third kappa shape index (κ3) is 8.17. The Bertz CT molecular complexity index is 1010. The summed E-state index contributed by atoms with van der Waals surface area (Å²) in [6, 6.07) is 13.9. The predicted molar refractivity (Wildman–Crippen MR) is 138 cm³/mol. The lowest BCUT2D eigenvalue weighted by Crippen LogP contribution is -2.50. The molecule has 0 bridgehead atoms. The third-order valence-electron chi connectivity index (χ3n) is 5.09. The number of carbonyl (C=O) groups excluding carboxylic acids is 2. The minimum atomic E-state index is -0.772. The fraction of sp³-hybridized carbons (Fsp3) is 0.360. The summed E-state index contributed by atoms with van der Waals surface area (Å²) in [7, 11) is 0. The van der Waals surface area contributed by atoms with Crippen molar-refractivity contribution in [3.63, 3.8) is 0 Å². The Morgan fingerprint density at radius 3 is 2.12 bits per heavy atom. The summed E-state index contributed by atoms with van der Waals surface area (Å²) in [6.07, 6.45) is 2.49. The van der Waals surface area contributed by atoms with Crippen molar-refractivity contribution in [2.24, 2.45) is 5.92 Å². The molecular weight excluding hydrogens is 529 g/mol. The zero-order chi connectivity index (χ0) is 24.4. The third-order valence-corrected chi connectivity index (χ3v) is 5.81. The van der Waals surface area contributed by atoms with Crippen LogP contribution in [-0.4, -0.2) is 29.0 Å². The van der Waals surface area contributed by atoms with E-state index in [0.717, 1.165) is 20.9 Å². The molecule has 0 aliphatic rings. The van der Waals surface area contributed by atoms with E-state index in [-0.39, 0.29) is 17.6 Å². The van der Waals surface area contributed by atoms with Crippen molar-refractivity contribution in [2.75, 3.05) is 0 Å². The first-order chi connectivity index (χ1) is 15.7. The predicted octanol–water partition coefficient (Wildman–Crippen LogP) is 5.64. The molecule has 2 amide bonds. The number of halogens is 1. The van der Waals surface area contributed by atoms with Gasteiger partial charge in [0.2, 0.25) is 17.1 Å². The van der Waals surface area contributed by atoms with Gasteiger partial charge in [-0.25, -0.2) is 0 Å². The molecular formula is C25H30IN4O3+. The molecule has 0 aliphatic heterocycles. The minimum Gasteiger partial charge on any atom is -0.504 e. The maximum absolute atomic E-state index is 12.9. The van der Waals surface area contributed by atoms with E-state index in [0.29, 0.717) is 24.8 Å². The Morgan fingerprint density at radius 1 is 1.03 bits per heavy atom. The van der Waals surface area contributed by atoms with Gasteiger partial charge in [0.1, 0.15) is 6.04 Å². The van der Waals surface area contributed by atoms with Crippen LogP contribution in [0.25, 0.3) is 16.1 Å². The molecule has 2 rings (SSSR count). The van der Waals surface area contributed by atoms with Gasteiger partial charge in [0, 0.05) is 9.13 Å². The van der Waals surface area contributed by atoms with Gasteiger partial charge in [0.15, 0.2) is 4.98 Å². The Hall–Kier alpha value is -2.93. The highest BCUT2D eigenvalue weighted by molar-refractivity contribution is 14.1. The maximum atomic E-state index is 12.9. The van der Waals surface area contributed by atoms with E-state index in [1.165, 1.54) is 0 Å². The number of aliphatic hydroxyl groups excluding tert-OH is 1. The van der Waals surface area contributed by atoms with Crippen molar-refractivity contribution in [1.82, 2.24) is 10.6 Å². The molecule has 0 radical (unpaired) electrons. The van der Waals surface area contributed by atoms with E-state index >= 15 is 0 Å². The monoisotopic (exact) mass is 559 g/mol. The Labute approximate surface area is 208 Å². The van der Waals surface area contributed by atoms with Gasteiger partial charge in [-0.1, -0.05) is 51.5 Å². The molecule has 33 heavy (non-hydrogen) atoms. The van der Waals surface area contributed by atoms with Crippen molar-refractivity contribution in [3.05, 3.63) is 74.6 Å². The summed E-state index contributed by atoms with van der Waals surface area (Å²) >= 11 is 2.25. The highest BCUT2D eigenvalue weighted by Crippen LogP contribution is 2.21. The average molecular weight is 559 g/mol. The van der Waals surface area contributed by atoms with E-state index in [9.17, 15) is 14.7 Å². The highest BCUT2D eigenvalue weighted by atomic mass is 125. The number of diazo groups is 1. The van der Waals surface area contributed by atoms with Crippen LogP contribution in [0, 0.1) is 14.9 Å². The summed E-state index contributed by atoms with van der Waals surface area (Å²) < 4.78 is 1.15. The minimum absolute atomic E-state index is 0.158. The van der Waals surface area contributed by atoms with E-state index in [1.807, 2.05) is 57.2 Å². The smallest absolute Gasteiger partial charge is 0.389 e. The van der Waals surface area contributed by atoms with Gasteiger partial charge in [-0.3, -0.25) is 9.59 Å². The van der Waals surface area contributed by atoms with Crippen LogP contribution in [0.5, 0.6) is 0 Å². The lowest BCUT2D eigenvalue weighted by atomic mass is 10.0. The van der Waals surface area contributed by atoms with Gasteiger partial charge in [-0.05, 0) is 76.7 Å². The van der Waals surface area contributed by atoms with Crippen LogP contribution in [0.3, 0.4) is 0 Å². The first kappa shape index (κ1) is 26.3. The largest absolute Gasteiger partial charge is 0.504 e. The molecule has 0 fully saturated rings. The number of benzene rings is 2. The van der Waals surface area contributed by atoms with Gasteiger partial charge in [0.05, 0.1) is 6.04 Å². The van der Waals surface area contributed by atoms with E-state index in [4.69, 9.17) is 5.39 Å². The number of nitrogens with zero attached hydrogens (tertiary/aromatic N) is 2. The summed E-state index contributed by atoms with van der Waals surface area (Å²) in [6.45, 7) is 5.84. The number of amides is 2. The van der Waals surface area contributed by atoms with E-state index in [2.05, 4.69) is 38.2 Å². The van der Waals surface area contributed by atoms with Crippen LogP contribution in [0.2, 0.25) is 0 Å². The first-order valence-electron chi connectivity index (χ1n) is 11.0. The molecule has 0 spiro atoms. The fourth-order valence-electron chi connectivity index (χ4n) is 3.40. The van der Waals surface area contributed by atoms with E-state index < -0.39 is 18.0 Å². The standard InChI is InChI=1S/C25H29IN4O3/c1-4-5-21(23(31)15-28-27)29-25(33)22(14-16(2)3)30-24(32)19-8-6-17(7-9-19)18-10-12-20(26)13-11-18/h6-13,15-16,21-22H,4-5,14H2,1-3H3,(H2-,29,30,31,32,33)/p+1/b23-15-/t21?,22-/m0/s1/i26-2. The zero-order valence-electron chi connectivity index (χ0n) is 19.1. The van der Waals surface area contributed by atoms with Crippen LogP contribution in [-0.2, 0) is 4.79 Å². The van der Waals surface area contributed by atoms with Crippen LogP contribution in [0.1, 0.15) is 50.4 Å². The van der Waals surface area contributed by atoms with Crippen LogP contribution >= 0.6 is 22.6 Å². The molecule has 8 heteroatoms. The molecule has 0 heterocycles. The van der Waals surface area contributed by atoms with Crippen LogP contribution < -0.4 is 10.6 Å². The number of hydrogen-bond donors (Lipinski definition) is 3. The molecule has 3 N–H and O–H groups in total. The second-order valence-electron chi connectivity index (χ2n) is 8.26. The normalized spacial score (nSPS) is 13.2. The number of aliphatic hydroxyl groups is 1. The topological polar surface area (TPSA) is 107 Å². The van der Waals surface area contributed by atoms with Gasteiger partial charge in [0.25, 0.3) is 5.91 Å². The lowest BCUT2D eigenvalue weighted by molar-refractivity contribution is -0.124. The van der Waals surface area contributed by atoms with Crippen molar-refractivity contribution in [3.8, 4) is 11.1 Å². The lowest BCUT2D eigenvalue weighted by Gasteiger charge is -2.23.